The standard InChI is InChI=1S/C8H16.C3H8/c1-4-6-7-8(3)5-2;1-3-2/h5H,4,6-7H2,1-3H3;3H2,1-2H3/b8-5+;. The van der Waals surface area contributed by atoms with Crippen molar-refractivity contribution in [3.05, 3.63) is 11.6 Å². The maximum atomic E-state index is 2.23. The summed E-state index contributed by atoms with van der Waals surface area (Å²) in [5.41, 5.74) is 1.52. The number of hydrogen-bond donors (Lipinski definition) is 0. The van der Waals surface area contributed by atoms with Gasteiger partial charge < -0.3 is 0 Å². The Balaban J connectivity index is 0. The number of hydrogen-bond acceptors (Lipinski definition) is 0. The Morgan fingerprint density at radius 1 is 1.18 bits per heavy atom. The van der Waals surface area contributed by atoms with Gasteiger partial charge in [-0.3, -0.25) is 0 Å². The predicted molar refractivity (Wildman–Crippen MR) is 54.9 cm³/mol. The van der Waals surface area contributed by atoms with E-state index in [9.17, 15) is 0 Å². The molecule has 0 heteroatoms. The van der Waals surface area contributed by atoms with Crippen LogP contribution in [0.25, 0.3) is 0 Å². The predicted octanol–water partition coefficient (Wildman–Crippen LogP) is 4.56. The van der Waals surface area contributed by atoms with Crippen LogP contribution in [0.2, 0.25) is 0 Å². The lowest BCUT2D eigenvalue weighted by atomic mass is 10.1. The van der Waals surface area contributed by atoms with Gasteiger partial charge in [-0.15, -0.1) is 0 Å². The Morgan fingerprint density at radius 2 is 1.64 bits per heavy atom. The van der Waals surface area contributed by atoms with Crippen molar-refractivity contribution in [3.8, 4) is 0 Å². The molecule has 0 N–H and O–H groups in total. The van der Waals surface area contributed by atoms with Gasteiger partial charge in [0.25, 0.3) is 0 Å². The molecule has 0 aromatic rings. The van der Waals surface area contributed by atoms with Crippen LogP contribution in [0.15, 0.2) is 11.6 Å². The fraction of sp³-hybridized carbons (Fsp3) is 0.818. The Hall–Kier alpha value is -0.260. The first kappa shape index (κ1) is 13.3. The highest BCUT2D eigenvalue weighted by atomic mass is 13.9. The molecule has 11 heavy (non-hydrogen) atoms. The second-order valence-corrected chi connectivity index (χ2v) is 2.95. The summed E-state index contributed by atoms with van der Waals surface area (Å²) in [5.74, 6) is 0. The highest BCUT2D eigenvalue weighted by Gasteiger charge is 1.83. The molecule has 0 radical (unpaired) electrons. The van der Waals surface area contributed by atoms with Crippen LogP contribution in [-0.2, 0) is 0 Å². The molecule has 0 aliphatic rings. The molecule has 0 unspecified atom stereocenters. The lowest BCUT2D eigenvalue weighted by molar-refractivity contribution is 0.786. The molecule has 0 saturated carbocycles. The zero-order chi connectivity index (χ0) is 9.11. The van der Waals surface area contributed by atoms with Gasteiger partial charge in [0, 0.05) is 0 Å². The molecule has 0 rings (SSSR count). The normalized spacial score (nSPS) is 10.5. The third-order valence-electron chi connectivity index (χ3n) is 1.42. The molecule has 0 saturated heterocycles. The quantitative estimate of drug-likeness (QED) is 0.525. The van der Waals surface area contributed by atoms with Crippen LogP contribution < -0.4 is 0 Å². The van der Waals surface area contributed by atoms with Gasteiger partial charge in [0.15, 0.2) is 0 Å². The average Bonchev–Trinajstić information content (AvgIpc) is 2.02. The maximum absolute atomic E-state index is 2.23. The van der Waals surface area contributed by atoms with Gasteiger partial charge in [-0.25, -0.2) is 0 Å². The molecule has 0 aromatic heterocycles. The van der Waals surface area contributed by atoms with Crippen LogP contribution in [0.5, 0.6) is 0 Å². The van der Waals surface area contributed by atoms with Crippen molar-refractivity contribution in [1.29, 1.82) is 0 Å². The van der Waals surface area contributed by atoms with Crippen LogP contribution in [0.1, 0.15) is 60.3 Å². The van der Waals surface area contributed by atoms with Crippen LogP contribution >= 0.6 is 0 Å². The minimum absolute atomic E-state index is 1.25. The first-order valence-electron chi connectivity index (χ1n) is 4.84. The van der Waals surface area contributed by atoms with E-state index in [0.717, 1.165) is 0 Å². The van der Waals surface area contributed by atoms with E-state index < -0.39 is 0 Å². The fourth-order valence-corrected chi connectivity index (χ4v) is 0.600. The lowest BCUT2D eigenvalue weighted by Gasteiger charge is -1.94. The molecular weight excluding hydrogens is 132 g/mol. The molecule has 0 aromatic carbocycles. The molecule has 0 nitrogen and oxygen atoms in total. The van der Waals surface area contributed by atoms with E-state index in [4.69, 9.17) is 0 Å². The lowest BCUT2D eigenvalue weighted by Crippen LogP contribution is -1.74. The van der Waals surface area contributed by atoms with Crippen LogP contribution in [0.4, 0.5) is 0 Å². The molecule has 0 amide bonds. The summed E-state index contributed by atoms with van der Waals surface area (Å²) in [5, 5.41) is 0. The smallest absolute Gasteiger partial charge is 0.0323 e. The van der Waals surface area contributed by atoms with Crippen molar-refractivity contribution in [2.75, 3.05) is 0 Å². The zero-order valence-electron chi connectivity index (χ0n) is 8.91. The minimum atomic E-state index is 1.25. The third kappa shape index (κ3) is 17.7. The van der Waals surface area contributed by atoms with Gasteiger partial charge in [0.1, 0.15) is 0 Å². The Morgan fingerprint density at radius 3 is 1.91 bits per heavy atom. The van der Waals surface area contributed by atoms with Gasteiger partial charge in [0.05, 0.1) is 0 Å². The topological polar surface area (TPSA) is 0 Å². The first-order chi connectivity index (χ1) is 5.22. The summed E-state index contributed by atoms with van der Waals surface area (Å²) in [6, 6.07) is 0. The summed E-state index contributed by atoms with van der Waals surface area (Å²) in [7, 11) is 0. The van der Waals surface area contributed by atoms with E-state index in [-0.39, 0.29) is 0 Å². The summed E-state index contributed by atoms with van der Waals surface area (Å²) in [6.45, 7) is 10.8. The van der Waals surface area contributed by atoms with Gasteiger partial charge >= 0.3 is 0 Å². The SMILES string of the molecule is C/C=C(\C)CCCC.CCC. The molecule has 0 spiro atoms. The van der Waals surface area contributed by atoms with Crippen LogP contribution in [0, 0.1) is 0 Å². The Labute approximate surface area is 72.7 Å². The number of rotatable bonds is 3. The van der Waals surface area contributed by atoms with Crippen LogP contribution in [-0.4, -0.2) is 0 Å². The van der Waals surface area contributed by atoms with Crippen molar-refractivity contribution in [3.63, 3.8) is 0 Å². The minimum Gasteiger partial charge on any atom is -0.0887 e. The van der Waals surface area contributed by atoms with Crippen molar-refractivity contribution in [1.82, 2.24) is 0 Å². The Kier molecular flexibility index (Phi) is 15.1. The summed E-state index contributed by atoms with van der Waals surface area (Å²) < 4.78 is 0. The maximum Gasteiger partial charge on any atom is -0.0323 e. The molecule has 0 atom stereocenters. The monoisotopic (exact) mass is 156 g/mol. The highest BCUT2D eigenvalue weighted by molar-refractivity contribution is 4.94. The molecule has 0 bridgehead atoms. The van der Waals surface area contributed by atoms with Gasteiger partial charge in [-0.1, -0.05) is 45.3 Å². The van der Waals surface area contributed by atoms with Crippen molar-refractivity contribution in [2.45, 2.75) is 60.3 Å². The summed E-state index contributed by atoms with van der Waals surface area (Å²) >= 11 is 0. The average molecular weight is 156 g/mol. The molecule has 68 valence electrons. The fourth-order valence-electron chi connectivity index (χ4n) is 0.600. The van der Waals surface area contributed by atoms with E-state index in [1.165, 1.54) is 31.3 Å². The van der Waals surface area contributed by atoms with Crippen molar-refractivity contribution >= 4 is 0 Å². The van der Waals surface area contributed by atoms with Crippen molar-refractivity contribution < 1.29 is 0 Å². The molecular formula is C11H24. The molecule has 0 aliphatic heterocycles. The zero-order valence-corrected chi connectivity index (χ0v) is 8.91. The van der Waals surface area contributed by atoms with Gasteiger partial charge in [-0.05, 0) is 26.7 Å². The second-order valence-electron chi connectivity index (χ2n) is 2.95. The van der Waals surface area contributed by atoms with E-state index in [1.807, 2.05) is 0 Å². The third-order valence-corrected chi connectivity index (χ3v) is 1.42. The van der Waals surface area contributed by atoms with Gasteiger partial charge in [-0.2, -0.15) is 0 Å². The van der Waals surface area contributed by atoms with E-state index >= 15 is 0 Å². The Bertz CT molecular complexity index is 80.0. The van der Waals surface area contributed by atoms with E-state index in [0.29, 0.717) is 0 Å². The molecule has 0 heterocycles. The first-order valence-corrected chi connectivity index (χ1v) is 4.84. The summed E-state index contributed by atoms with van der Waals surface area (Å²) in [6.07, 6.45) is 7.38. The largest absolute Gasteiger partial charge is 0.0887 e. The number of unbranched alkanes of at least 4 members (excludes halogenated alkanes) is 1. The van der Waals surface area contributed by atoms with Gasteiger partial charge in [0.2, 0.25) is 0 Å². The van der Waals surface area contributed by atoms with Crippen molar-refractivity contribution in [2.24, 2.45) is 0 Å². The van der Waals surface area contributed by atoms with Crippen LogP contribution in [0.3, 0.4) is 0 Å². The highest BCUT2D eigenvalue weighted by Crippen LogP contribution is 2.04. The molecule has 0 fully saturated rings. The molecule has 0 aliphatic carbocycles. The summed E-state index contributed by atoms with van der Waals surface area (Å²) in [4.78, 5) is 0. The van der Waals surface area contributed by atoms with E-state index in [2.05, 4.69) is 40.7 Å². The number of allylic oxidation sites excluding steroid dienone is 2. The second kappa shape index (κ2) is 12.4. The van der Waals surface area contributed by atoms with E-state index in [1.54, 1.807) is 0 Å².